The fraction of sp³-hybridized carbons (Fsp3) is 0.0952. The molecular formula is C21H20N2O5S. The Hall–Kier alpha value is -3.52. The van der Waals surface area contributed by atoms with Crippen LogP contribution in [0.3, 0.4) is 0 Å². The van der Waals surface area contributed by atoms with E-state index in [1.165, 1.54) is 31.2 Å². The Balaban J connectivity index is 1.70. The van der Waals surface area contributed by atoms with E-state index in [0.717, 1.165) is 0 Å². The number of anilines is 2. The minimum absolute atomic E-state index is 0.0842. The highest BCUT2D eigenvalue weighted by Crippen LogP contribution is 2.31. The number of nitrogens with one attached hydrogen (secondary N) is 2. The topological polar surface area (TPSA) is 93.7 Å². The highest BCUT2D eigenvalue weighted by Gasteiger charge is 2.14. The molecule has 8 heteroatoms. The monoisotopic (exact) mass is 412 g/mol. The Morgan fingerprint density at radius 2 is 1.41 bits per heavy atom. The lowest BCUT2D eigenvalue weighted by Crippen LogP contribution is -2.13. The van der Waals surface area contributed by atoms with E-state index in [-0.39, 0.29) is 10.8 Å². The molecule has 0 saturated carbocycles. The van der Waals surface area contributed by atoms with Crippen LogP contribution in [0.4, 0.5) is 11.4 Å². The zero-order valence-corrected chi connectivity index (χ0v) is 16.7. The smallest absolute Gasteiger partial charge is 0.261 e. The number of benzene rings is 3. The van der Waals surface area contributed by atoms with Crippen LogP contribution in [-0.2, 0) is 14.8 Å². The molecule has 0 aromatic heterocycles. The number of amides is 1. The first kappa shape index (κ1) is 20.2. The van der Waals surface area contributed by atoms with Crippen molar-refractivity contribution in [3.63, 3.8) is 0 Å². The first-order valence-corrected chi connectivity index (χ1v) is 10.2. The van der Waals surface area contributed by atoms with Gasteiger partial charge in [-0.2, -0.15) is 0 Å². The van der Waals surface area contributed by atoms with E-state index in [1.54, 1.807) is 43.5 Å². The lowest BCUT2D eigenvalue weighted by molar-refractivity contribution is -0.114. The molecule has 0 aliphatic heterocycles. The van der Waals surface area contributed by atoms with E-state index in [0.29, 0.717) is 28.6 Å². The first-order chi connectivity index (χ1) is 13.9. The summed E-state index contributed by atoms with van der Waals surface area (Å²) < 4.78 is 38.6. The lowest BCUT2D eigenvalue weighted by atomic mass is 10.3. The molecule has 0 bridgehead atoms. The van der Waals surface area contributed by atoms with Gasteiger partial charge in [-0.25, -0.2) is 8.42 Å². The minimum Gasteiger partial charge on any atom is -0.493 e. The summed E-state index contributed by atoms with van der Waals surface area (Å²) in [4.78, 5) is 11.1. The normalized spacial score (nSPS) is 10.8. The maximum absolute atomic E-state index is 12.5. The Bertz CT molecular complexity index is 1090. The maximum atomic E-state index is 12.5. The Kier molecular flexibility index (Phi) is 6.04. The van der Waals surface area contributed by atoms with Gasteiger partial charge >= 0.3 is 0 Å². The number of rotatable bonds is 7. The number of para-hydroxylation sites is 2. The van der Waals surface area contributed by atoms with Crippen LogP contribution in [0.2, 0.25) is 0 Å². The molecule has 7 nitrogen and oxygen atoms in total. The molecule has 0 aliphatic rings. The summed E-state index contributed by atoms with van der Waals surface area (Å²) in [7, 11) is -2.21. The van der Waals surface area contributed by atoms with Crippen molar-refractivity contribution in [2.75, 3.05) is 17.1 Å². The summed E-state index contributed by atoms with van der Waals surface area (Å²) in [5, 5.41) is 2.59. The number of hydrogen-bond donors (Lipinski definition) is 2. The SMILES string of the molecule is COc1ccccc1Oc1ccc(NS(=O)(=O)c2ccc(NC(C)=O)cc2)cc1. The third-order valence-corrected chi connectivity index (χ3v) is 5.29. The number of carbonyl (C=O) groups is 1. The molecule has 3 aromatic carbocycles. The van der Waals surface area contributed by atoms with Crippen molar-refractivity contribution in [1.29, 1.82) is 0 Å². The van der Waals surface area contributed by atoms with Crippen LogP contribution in [0.15, 0.2) is 77.7 Å². The summed E-state index contributed by atoms with van der Waals surface area (Å²) >= 11 is 0. The van der Waals surface area contributed by atoms with E-state index in [9.17, 15) is 13.2 Å². The summed E-state index contributed by atoms with van der Waals surface area (Å²) in [6.45, 7) is 1.38. The molecule has 3 aromatic rings. The zero-order valence-electron chi connectivity index (χ0n) is 15.9. The number of hydrogen-bond acceptors (Lipinski definition) is 5. The van der Waals surface area contributed by atoms with Gasteiger partial charge in [-0.1, -0.05) is 12.1 Å². The maximum Gasteiger partial charge on any atom is 0.261 e. The van der Waals surface area contributed by atoms with Gasteiger partial charge in [-0.3, -0.25) is 9.52 Å². The predicted molar refractivity (Wildman–Crippen MR) is 111 cm³/mol. The van der Waals surface area contributed by atoms with Crippen LogP contribution in [0.1, 0.15) is 6.92 Å². The molecule has 0 heterocycles. The lowest BCUT2D eigenvalue weighted by Gasteiger charge is -2.12. The van der Waals surface area contributed by atoms with Gasteiger partial charge in [0.2, 0.25) is 5.91 Å². The second-order valence-corrected chi connectivity index (χ2v) is 7.77. The average Bonchev–Trinajstić information content (AvgIpc) is 2.69. The molecule has 0 saturated heterocycles. The predicted octanol–water partition coefficient (Wildman–Crippen LogP) is 4.25. The van der Waals surface area contributed by atoms with Crippen LogP contribution in [-0.4, -0.2) is 21.4 Å². The molecule has 2 N–H and O–H groups in total. The number of ether oxygens (including phenoxy) is 2. The molecule has 1 amide bonds. The third kappa shape index (κ3) is 5.26. The largest absolute Gasteiger partial charge is 0.493 e. The van der Waals surface area contributed by atoms with Crippen LogP contribution in [0.25, 0.3) is 0 Å². The molecular weight excluding hydrogens is 392 g/mol. The van der Waals surface area contributed by atoms with Gasteiger partial charge in [0.05, 0.1) is 12.0 Å². The molecule has 0 spiro atoms. The molecule has 0 unspecified atom stereocenters. The minimum atomic E-state index is -3.76. The quantitative estimate of drug-likeness (QED) is 0.605. The third-order valence-electron chi connectivity index (χ3n) is 3.89. The molecule has 0 atom stereocenters. The second-order valence-electron chi connectivity index (χ2n) is 6.09. The molecule has 150 valence electrons. The second kappa shape index (κ2) is 8.66. The van der Waals surface area contributed by atoms with Crippen molar-refractivity contribution in [3.05, 3.63) is 72.8 Å². The summed E-state index contributed by atoms with van der Waals surface area (Å²) in [6.07, 6.45) is 0. The van der Waals surface area contributed by atoms with Crippen LogP contribution >= 0.6 is 0 Å². The number of carbonyl (C=O) groups excluding carboxylic acids is 1. The van der Waals surface area contributed by atoms with Crippen molar-refractivity contribution >= 4 is 27.3 Å². The average molecular weight is 412 g/mol. The van der Waals surface area contributed by atoms with E-state index in [1.807, 2.05) is 12.1 Å². The van der Waals surface area contributed by atoms with Crippen molar-refractivity contribution in [1.82, 2.24) is 0 Å². The van der Waals surface area contributed by atoms with E-state index >= 15 is 0 Å². The zero-order chi connectivity index (χ0) is 20.9. The van der Waals surface area contributed by atoms with Gasteiger partial charge in [0.25, 0.3) is 10.0 Å². The van der Waals surface area contributed by atoms with E-state index in [2.05, 4.69) is 10.0 Å². The highest BCUT2D eigenvalue weighted by molar-refractivity contribution is 7.92. The molecule has 0 radical (unpaired) electrons. The highest BCUT2D eigenvalue weighted by atomic mass is 32.2. The Morgan fingerprint density at radius 1 is 0.828 bits per heavy atom. The van der Waals surface area contributed by atoms with E-state index < -0.39 is 10.0 Å². The fourth-order valence-electron chi connectivity index (χ4n) is 2.56. The van der Waals surface area contributed by atoms with Crippen LogP contribution in [0.5, 0.6) is 17.2 Å². The van der Waals surface area contributed by atoms with Crippen molar-refractivity contribution in [2.45, 2.75) is 11.8 Å². The van der Waals surface area contributed by atoms with Crippen LogP contribution < -0.4 is 19.5 Å². The molecule has 0 aliphatic carbocycles. The summed E-state index contributed by atoms with van der Waals surface area (Å²) in [5.74, 6) is 1.47. The van der Waals surface area contributed by atoms with Gasteiger partial charge in [0.1, 0.15) is 5.75 Å². The molecule has 29 heavy (non-hydrogen) atoms. The summed E-state index contributed by atoms with van der Waals surface area (Å²) in [6, 6.07) is 19.7. The van der Waals surface area contributed by atoms with Crippen molar-refractivity contribution in [2.24, 2.45) is 0 Å². The van der Waals surface area contributed by atoms with Gasteiger partial charge in [0.15, 0.2) is 11.5 Å². The fourth-order valence-corrected chi connectivity index (χ4v) is 3.61. The number of sulfonamides is 1. The van der Waals surface area contributed by atoms with Gasteiger partial charge in [0, 0.05) is 18.3 Å². The van der Waals surface area contributed by atoms with Crippen molar-refractivity contribution < 1.29 is 22.7 Å². The molecule has 0 fully saturated rings. The van der Waals surface area contributed by atoms with Gasteiger partial charge in [-0.15, -0.1) is 0 Å². The van der Waals surface area contributed by atoms with Gasteiger partial charge in [-0.05, 0) is 60.7 Å². The van der Waals surface area contributed by atoms with Crippen LogP contribution in [0, 0.1) is 0 Å². The van der Waals surface area contributed by atoms with Crippen molar-refractivity contribution in [3.8, 4) is 17.2 Å². The van der Waals surface area contributed by atoms with E-state index in [4.69, 9.17) is 9.47 Å². The first-order valence-electron chi connectivity index (χ1n) is 8.69. The Morgan fingerprint density at radius 3 is 2.00 bits per heavy atom. The summed E-state index contributed by atoms with van der Waals surface area (Å²) in [5.41, 5.74) is 0.914. The molecule has 3 rings (SSSR count). The number of methoxy groups -OCH3 is 1. The van der Waals surface area contributed by atoms with Gasteiger partial charge < -0.3 is 14.8 Å². The Labute approximate surface area is 169 Å². The standard InChI is InChI=1S/C21H20N2O5S/c1-15(24)22-16-9-13-19(14-10-16)29(25,26)23-17-7-11-18(12-8-17)28-21-6-4-3-5-20(21)27-2/h3-14,23H,1-2H3,(H,22,24).